The van der Waals surface area contributed by atoms with Gasteiger partial charge in [0.2, 0.25) is 5.91 Å². The summed E-state index contributed by atoms with van der Waals surface area (Å²) in [5.74, 6) is -0.198. The quantitative estimate of drug-likeness (QED) is 0.727. The third kappa shape index (κ3) is 6.09. The van der Waals surface area contributed by atoms with Crippen LogP contribution in [0.3, 0.4) is 0 Å². The van der Waals surface area contributed by atoms with E-state index in [-0.39, 0.29) is 17.7 Å². The van der Waals surface area contributed by atoms with Crippen LogP contribution >= 0.6 is 11.8 Å². The van der Waals surface area contributed by atoms with Gasteiger partial charge in [0.1, 0.15) is 0 Å². The lowest BCUT2D eigenvalue weighted by Gasteiger charge is -2.30. The molecular weight excluding hydrogens is 388 g/mol. The van der Waals surface area contributed by atoms with Gasteiger partial charge >= 0.3 is 5.97 Å². The zero-order chi connectivity index (χ0) is 20.6. The second-order valence-electron chi connectivity index (χ2n) is 7.01. The number of carbonyl (C=O) groups excluding carboxylic acids is 2. The molecule has 29 heavy (non-hydrogen) atoms. The predicted octanol–water partition coefficient (Wildman–Crippen LogP) is 3.50. The Kier molecular flexibility index (Phi) is 7.30. The Morgan fingerprint density at radius 3 is 2.28 bits per heavy atom. The number of likely N-dealkylation sites (tertiary alicyclic amines) is 1. The van der Waals surface area contributed by atoms with Crippen molar-refractivity contribution in [2.75, 3.05) is 24.2 Å². The average Bonchev–Trinajstić information content (AvgIpc) is 2.74. The van der Waals surface area contributed by atoms with Gasteiger partial charge in [-0.25, -0.2) is 0 Å². The van der Waals surface area contributed by atoms with E-state index in [2.05, 4.69) is 5.32 Å². The second-order valence-corrected chi connectivity index (χ2v) is 7.99. The Hall–Kier alpha value is -2.80. The van der Waals surface area contributed by atoms with Crippen LogP contribution in [0.1, 0.15) is 28.8 Å². The van der Waals surface area contributed by atoms with Crippen molar-refractivity contribution in [3.05, 3.63) is 65.7 Å². The Bertz CT molecular complexity index is 847. The SMILES string of the molecule is O=C(CSCc1ccc(C(=O)N2CCC(C(=O)O)CC2)cc1)Nc1ccccc1. The van der Waals surface area contributed by atoms with Crippen LogP contribution in [0.15, 0.2) is 54.6 Å². The number of nitrogens with zero attached hydrogens (tertiary/aromatic N) is 1. The molecule has 1 heterocycles. The average molecular weight is 413 g/mol. The first kappa shape index (κ1) is 20.9. The number of carbonyl (C=O) groups is 3. The van der Waals surface area contributed by atoms with Crippen LogP contribution in [0.5, 0.6) is 0 Å². The molecule has 7 heteroatoms. The molecule has 0 spiro atoms. The summed E-state index contributed by atoms with van der Waals surface area (Å²) in [7, 11) is 0. The van der Waals surface area contributed by atoms with E-state index in [4.69, 9.17) is 5.11 Å². The van der Waals surface area contributed by atoms with Gasteiger partial charge in [0.15, 0.2) is 0 Å². The highest BCUT2D eigenvalue weighted by Gasteiger charge is 2.27. The molecule has 1 aliphatic heterocycles. The first-order chi connectivity index (χ1) is 14.0. The molecule has 0 saturated carbocycles. The zero-order valence-electron chi connectivity index (χ0n) is 16.0. The minimum Gasteiger partial charge on any atom is -0.481 e. The van der Waals surface area contributed by atoms with Crippen molar-refractivity contribution in [1.82, 2.24) is 4.90 Å². The normalized spacial score (nSPS) is 14.4. The summed E-state index contributed by atoms with van der Waals surface area (Å²) in [5.41, 5.74) is 2.44. The summed E-state index contributed by atoms with van der Waals surface area (Å²) in [5, 5.41) is 11.9. The number of anilines is 1. The number of para-hydroxylation sites is 1. The van der Waals surface area contributed by atoms with E-state index < -0.39 is 5.97 Å². The van der Waals surface area contributed by atoms with Crippen molar-refractivity contribution >= 4 is 35.2 Å². The molecule has 0 aromatic heterocycles. The summed E-state index contributed by atoms with van der Waals surface area (Å²) in [6.45, 7) is 0.952. The summed E-state index contributed by atoms with van der Waals surface area (Å²) in [6.07, 6.45) is 1.00. The number of nitrogens with one attached hydrogen (secondary N) is 1. The molecule has 3 rings (SSSR count). The molecule has 6 nitrogen and oxygen atoms in total. The Morgan fingerprint density at radius 1 is 1.00 bits per heavy atom. The van der Waals surface area contributed by atoms with Crippen molar-refractivity contribution in [1.29, 1.82) is 0 Å². The van der Waals surface area contributed by atoms with Gasteiger partial charge in [0.05, 0.1) is 11.7 Å². The minimum atomic E-state index is -0.781. The number of hydrogen-bond acceptors (Lipinski definition) is 4. The van der Waals surface area contributed by atoms with E-state index in [1.807, 2.05) is 42.5 Å². The third-order valence-electron chi connectivity index (χ3n) is 4.89. The second kappa shape index (κ2) is 10.1. The van der Waals surface area contributed by atoms with Crippen LogP contribution in [-0.4, -0.2) is 46.6 Å². The van der Waals surface area contributed by atoms with E-state index >= 15 is 0 Å². The maximum atomic E-state index is 12.6. The van der Waals surface area contributed by atoms with Crippen molar-refractivity contribution in [2.45, 2.75) is 18.6 Å². The van der Waals surface area contributed by atoms with E-state index in [9.17, 15) is 14.4 Å². The lowest BCUT2D eigenvalue weighted by Crippen LogP contribution is -2.40. The number of carboxylic acid groups (broad SMARTS) is 1. The van der Waals surface area contributed by atoms with Crippen molar-refractivity contribution < 1.29 is 19.5 Å². The smallest absolute Gasteiger partial charge is 0.306 e. The van der Waals surface area contributed by atoms with Crippen LogP contribution < -0.4 is 5.32 Å². The molecule has 152 valence electrons. The van der Waals surface area contributed by atoms with Crippen LogP contribution in [0.2, 0.25) is 0 Å². The fourth-order valence-corrected chi connectivity index (χ4v) is 4.02. The highest BCUT2D eigenvalue weighted by Crippen LogP contribution is 2.20. The van der Waals surface area contributed by atoms with Crippen molar-refractivity contribution in [2.24, 2.45) is 5.92 Å². The third-order valence-corrected chi connectivity index (χ3v) is 5.90. The monoisotopic (exact) mass is 412 g/mol. The molecule has 1 fully saturated rings. The highest BCUT2D eigenvalue weighted by atomic mass is 32.2. The first-order valence-corrected chi connectivity index (χ1v) is 10.7. The molecule has 2 amide bonds. The summed E-state index contributed by atoms with van der Waals surface area (Å²) in [6, 6.07) is 16.7. The predicted molar refractivity (Wildman–Crippen MR) is 114 cm³/mol. The first-order valence-electron chi connectivity index (χ1n) is 9.56. The standard InChI is InChI=1S/C22H24N2O4S/c25-20(23-19-4-2-1-3-5-19)15-29-14-16-6-8-17(9-7-16)21(26)24-12-10-18(11-13-24)22(27)28/h1-9,18H,10-15H2,(H,23,25)(H,27,28). The van der Waals surface area contributed by atoms with Gasteiger partial charge in [0, 0.05) is 30.1 Å². The maximum Gasteiger partial charge on any atom is 0.306 e. The molecular formula is C22H24N2O4S. The topological polar surface area (TPSA) is 86.7 Å². The summed E-state index contributed by atoms with van der Waals surface area (Å²) < 4.78 is 0. The lowest BCUT2D eigenvalue weighted by molar-refractivity contribution is -0.143. The molecule has 1 saturated heterocycles. The zero-order valence-corrected chi connectivity index (χ0v) is 16.9. The van der Waals surface area contributed by atoms with Gasteiger partial charge in [-0.1, -0.05) is 30.3 Å². The van der Waals surface area contributed by atoms with Crippen LogP contribution in [0.25, 0.3) is 0 Å². The molecule has 0 bridgehead atoms. The molecule has 0 radical (unpaired) electrons. The number of hydrogen-bond donors (Lipinski definition) is 2. The van der Waals surface area contributed by atoms with Gasteiger partial charge < -0.3 is 15.3 Å². The largest absolute Gasteiger partial charge is 0.481 e. The Labute approximate surface area is 174 Å². The molecule has 2 N–H and O–H groups in total. The number of amides is 2. The minimum absolute atomic E-state index is 0.0437. The van der Waals surface area contributed by atoms with E-state index in [0.29, 0.717) is 43.0 Å². The fraction of sp³-hybridized carbons (Fsp3) is 0.318. The van der Waals surface area contributed by atoms with Crippen LogP contribution in [0.4, 0.5) is 5.69 Å². The summed E-state index contributed by atoms with van der Waals surface area (Å²) in [4.78, 5) is 37.3. The Balaban J connectivity index is 1.43. The molecule has 0 atom stereocenters. The number of thioether (sulfide) groups is 1. The number of rotatable bonds is 7. The molecule has 0 aliphatic carbocycles. The van der Waals surface area contributed by atoms with E-state index in [1.54, 1.807) is 17.0 Å². The fourth-order valence-electron chi connectivity index (χ4n) is 3.24. The molecule has 2 aromatic rings. The molecule has 0 unspecified atom stereocenters. The summed E-state index contributed by atoms with van der Waals surface area (Å²) >= 11 is 1.52. The molecule has 1 aliphatic rings. The lowest BCUT2D eigenvalue weighted by atomic mass is 9.96. The number of benzene rings is 2. The van der Waals surface area contributed by atoms with Crippen molar-refractivity contribution in [3.8, 4) is 0 Å². The van der Waals surface area contributed by atoms with E-state index in [1.165, 1.54) is 11.8 Å². The maximum absolute atomic E-state index is 12.6. The number of aliphatic carboxylic acids is 1. The van der Waals surface area contributed by atoms with Crippen LogP contribution in [0, 0.1) is 5.92 Å². The highest BCUT2D eigenvalue weighted by molar-refractivity contribution is 7.99. The van der Waals surface area contributed by atoms with Gasteiger partial charge in [0.25, 0.3) is 5.91 Å². The number of piperidine rings is 1. The number of carboxylic acids is 1. The van der Waals surface area contributed by atoms with Gasteiger partial charge in [-0.05, 0) is 42.7 Å². The van der Waals surface area contributed by atoms with Crippen molar-refractivity contribution in [3.63, 3.8) is 0 Å². The van der Waals surface area contributed by atoms with E-state index in [0.717, 1.165) is 11.3 Å². The van der Waals surface area contributed by atoms with Crippen LogP contribution in [-0.2, 0) is 15.3 Å². The van der Waals surface area contributed by atoms with Gasteiger partial charge in [-0.2, -0.15) is 0 Å². The molecule has 2 aromatic carbocycles. The Morgan fingerprint density at radius 2 is 1.66 bits per heavy atom. The van der Waals surface area contributed by atoms with Gasteiger partial charge in [-0.3, -0.25) is 14.4 Å². The van der Waals surface area contributed by atoms with Gasteiger partial charge in [-0.15, -0.1) is 11.8 Å².